The van der Waals surface area contributed by atoms with Crippen LogP contribution in [-0.2, 0) is 0 Å². The topological polar surface area (TPSA) is 94.6 Å². The Morgan fingerprint density at radius 2 is 1.89 bits per heavy atom. The monoisotopic (exact) mass is 368 g/mol. The molecule has 2 aromatic carbocycles. The number of nitrogens with one attached hydrogen (secondary N) is 1. The van der Waals surface area contributed by atoms with Crippen molar-refractivity contribution in [2.24, 2.45) is 0 Å². The van der Waals surface area contributed by atoms with E-state index < -0.39 is 10.8 Å². The van der Waals surface area contributed by atoms with Gasteiger partial charge in [-0.15, -0.1) is 0 Å². The zero-order chi connectivity index (χ0) is 19.7. The van der Waals surface area contributed by atoms with Gasteiger partial charge in [-0.1, -0.05) is 0 Å². The van der Waals surface area contributed by atoms with E-state index in [9.17, 15) is 14.9 Å². The van der Waals surface area contributed by atoms with Gasteiger partial charge in [0.15, 0.2) is 5.76 Å². The van der Waals surface area contributed by atoms with Gasteiger partial charge in [0.05, 0.1) is 17.6 Å². The summed E-state index contributed by atoms with van der Waals surface area (Å²) >= 11 is 0. The SMILES string of the molecule is CCOc1ccc(NC(=O)c2oc3cc(C)c(C)cc3c2C)c([N+](=O)[O-])c1. The molecule has 7 heteroatoms. The largest absolute Gasteiger partial charge is 0.494 e. The molecule has 0 radical (unpaired) electrons. The lowest BCUT2D eigenvalue weighted by atomic mass is 10.0. The Morgan fingerprint density at radius 3 is 2.56 bits per heavy atom. The van der Waals surface area contributed by atoms with E-state index in [1.165, 1.54) is 12.1 Å². The Hall–Kier alpha value is -3.35. The van der Waals surface area contributed by atoms with E-state index in [0.29, 0.717) is 23.5 Å². The molecule has 3 rings (SSSR count). The summed E-state index contributed by atoms with van der Waals surface area (Å²) in [5, 5.41) is 14.8. The molecule has 0 saturated carbocycles. The maximum absolute atomic E-state index is 12.7. The van der Waals surface area contributed by atoms with Crippen molar-refractivity contribution in [1.29, 1.82) is 0 Å². The predicted molar refractivity (Wildman–Crippen MR) is 103 cm³/mol. The van der Waals surface area contributed by atoms with Crippen LogP contribution in [0.3, 0.4) is 0 Å². The van der Waals surface area contributed by atoms with Crippen molar-refractivity contribution in [3.8, 4) is 5.75 Å². The lowest BCUT2D eigenvalue weighted by Crippen LogP contribution is -2.13. The lowest BCUT2D eigenvalue weighted by molar-refractivity contribution is -0.384. The number of carbonyl (C=O) groups excluding carboxylic acids is 1. The number of fused-ring (bicyclic) bond motifs is 1. The average molecular weight is 368 g/mol. The number of hydrogen-bond acceptors (Lipinski definition) is 5. The van der Waals surface area contributed by atoms with Crippen LogP contribution in [-0.4, -0.2) is 17.4 Å². The molecule has 0 unspecified atom stereocenters. The Balaban J connectivity index is 1.97. The average Bonchev–Trinajstić information content (AvgIpc) is 2.93. The van der Waals surface area contributed by atoms with Gasteiger partial charge in [0, 0.05) is 10.9 Å². The van der Waals surface area contributed by atoms with E-state index in [-0.39, 0.29) is 17.1 Å². The molecule has 0 aliphatic rings. The van der Waals surface area contributed by atoms with E-state index in [0.717, 1.165) is 16.5 Å². The summed E-state index contributed by atoms with van der Waals surface area (Å²) in [5.41, 5.74) is 3.31. The first-order valence-corrected chi connectivity index (χ1v) is 8.54. The second kappa shape index (κ2) is 7.11. The first-order valence-electron chi connectivity index (χ1n) is 8.54. The number of hydrogen-bond donors (Lipinski definition) is 1. The molecule has 0 atom stereocenters. The molecule has 0 fully saturated rings. The molecule has 0 saturated heterocycles. The van der Waals surface area contributed by atoms with Gasteiger partial charge in [0.1, 0.15) is 17.0 Å². The van der Waals surface area contributed by atoms with E-state index in [2.05, 4.69) is 5.32 Å². The Labute approximate surface area is 156 Å². The number of aryl methyl sites for hydroxylation is 3. The van der Waals surface area contributed by atoms with Gasteiger partial charge in [0.25, 0.3) is 11.6 Å². The van der Waals surface area contributed by atoms with E-state index in [1.54, 1.807) is 19.9 Å². The Kier molecular flexibility index (Phi) is 4.85. The van der Waals surface area contributed by atoms with E-state index in [4.69, 9.17) is 9.15 Å². The zero-order valence-corrected chi connectivity index (χ0v) is 15.6. The van der Waals surface area contributed by atoms with E-state index in [1.807, 2.05) is 26.0 Å². The summed E-state index contributed by atoms with van der Waals surface area (Å²) in [7, 11) is 0. The second-order valence-corrected chi connectivity index (χ2v) is 6.31. The van der Waals surface area contributed by atoms with Gasteiger partial charge in [-0.2, -0.15) is 0 Å². The molecule has 0 aliphatic carbocycles. The number of amides is 1. The minimum absolute atomic E-state index is 0.0840. The molecule has 27 heavy (non-hydrogen) atoms. The highest BCUT2D eigenvalue weighted by Gasteiger charge is 2.22. The highest BCUT2D eigenvalue weighted by Crippen LogP contribution is 2.32. The molecule has 3 aromatic rings. The highest BCUT2D eigenvalue weighted by atomic mass is 16.6. The van der Waals surface area contributed by atoms with Gasteiger partial charge < -0.3 is 14.5 Å². The number of rotatable bonds is 5. The fourth-order valence-electron chi connectivity index (χ4n) is 2.90. The third kappa shape index (κ3) is 3.48. The van der Waals surface area contributed by atoms with Crippen LogP contribution in [0, 0.1) is 30.9 Å². The minimum Gasteiger partial charge on any atom is -0.494 e. The summed E-state index contributed by atoms with van der Waals surface area (Å²) in [4.78, 5) is 23.5. The first-order chi connectivity index (χ1) is 12.8. The third-order valence-corrected chi connectivity index (χ3v) is 4.48. The van der Waals surface area contributed by atoms with Gasteiger partial charge in [0.2, 0.25) is 0 Å². The summed E-state index contributed by atoms with van der Waals surface area (Å²) in [6, 6.07) is 8.17. The number of anilines is 1. The van der Waals surface area contributed by atoms with Crippen LogP contribution in [0.2, 0.25) is 0 Å². The number of carbonyl (C=O) groups is 1. The van der Waals surface area contributed by atoms with Gasteiger partial charge in [-0.05, 0) is 63.1 Å². The minimum atomic E-state index is -0.559. The molecule has 1 amide bonds. The molecular formula is C20H20N2O5. The molecule has 0 aliphatic heterocycles. The molecule has 1 aromatic heterocycles. The van der Waals surface area contributed by atoms with Gasteiger partial charge in [-0.25, -0.2) is 0 Å². The summed E-state index contributed by atoms with van der Waals surface area (Å²) in [6.45, 7) is 7.93. The van der Waals surface area contributed by atoms with Crippen molar-refractivity contribution in [2.75, 3.05) is 11.9 Å². The number of furan rings is 1. The molecule has 0 spiro atoms. The van der Waals surface area contributed by atoms with Gasteiger partial charge in [-0.3, -0.25) is 14.9 Å². The fraction of sp³-hybridized carbons (Fsp3) is 0.250. The fourth-order valence-corrected chi connectivity index (χ4v) is 2.90. The van der Waals surface area contributed by atoms with Crippen molar-refractivity contribution < 1.29 is 18.9 Å². The number of benzene rings is 2. The molecular weight excluding hydrogens is 348 g/mol. The van der Waals surface area contributed by atoms with Crippen molar-refractivity contribution in [1.82, 2.24) is 0 Å². The van der Waals surface area contributed by atoms with E-state index >= 15 is 0 Å². The van der Waals surface area contributed by atoms with Crippen LogP contribution in [0.4, 0.5) is 11.4 Å². The van der Waals surface area contributed by atoms with Crippen molar-refractivity contribution >= 4 is 28.3 Å². The zero-order valence-electron chi connectivity index (χ0n) is 15.6. The number of ether oxygens (including phenoxy) is 1. The van der Waals surface area contributed by atoms with Crippen LogP contribution in [0.15, 0.2) is 34.7 Å². The molecule has 140 valence electrons. The highest BCUT2D eigenvalue weighted by molar-refractivity contribution is 6.07. The third-order valence-electron chi connectivity index (χ3n) is 4.48. The van der Waals surface area contributed by atoms with Crippen LogP contribution in [0.25, 0.3) is 11.0 Å². The van der Waals surface area contributed by atoms with Crippen molar-refractivity contribution in [3.05, 3.63) is 62.9 Å². The Bertz CT molecular complexity index is 1050. The maximum atomic E-state index is 12.7. The molecule has 1 N–H and O–H groups in total. The number of nitrogens with zero attached hydrogens (tertiary/aromatic N) is 1. The van der Waals surface area contributed by atoms with Gasteiger partial charge >= 0.3 is 0 Å². The maximum Gasteiger partial charge on any atom is 0.296 e. The molecule has 0 bridgehead atoms. The standard InChI is InChI=1S/C20H20N2O5/c1-5-26-14-6-7-16(17(10-14)22(24)25)21-20(23)19-13(4)15-8-11(2)12(3)9-18(15)27-19/h6-10H,5H2,1-4H3,(H,21,23). The van der Waals surface area contributed by atoms with Crippen LogP contribution in [0.1, 0.15) is 34.2 Å². The molecule has 1 heterocycles. The van der Waals surface area contributed by atoms with Crippen LogP contribution < -0.4 is 10.1 Å². The smallest absolute Gasteiger partial charge is 0.296 e. The predicted octanol–water partition coefficient (Wildman–Crippen LogP) is 4.92. The summed E-state index contributed by atoms with van der Waals surface area (Å²) in [5.74, 6) is -0.0301. The number of nitro groups is 1. The van der Waals surface area contributed by atoms with Crippen molar-refractivity contribution in [2.45, 2.75) is 27.7 Å². The second-order valence-electron chi connectivity index (χ2n) is 6.31. The summed E-state index contributed by atoms with van der Waals surface area (Å²) < 4.78 is 11.0. The van der Waals surface area contributed by atoms with Crippen LogP contribution in [0.5, 0.6) is 5.75 Å². The summed E-state index contributed by atoms with van der Waals surface area (Å²) in [6.07, 6.45) is 0. The Morgan fingerprint density at radius 1 is 1.19 bits per heavy atom. The van der Waals surface area contributed by atoms with Crippen molar-refractivity contribution in [3.63, 3.8) is 0 Å². The number of nitro benzene ring substituents is 1. The quantitative estimate of drug-likeness (QED) is 0.509. The van der Waals surface area contributed by atoms with Crippen LogP contribution >= 0.6 is 0 Å². The first kappa shape index (κ1) is 18.4. The lowest BCUT2D eigenvalue weighted by Gasteiger charge is -2.07. The molecule has 7 nitrogen and oxygen atoms in total. The normalized spacial score (nSPS) is 10.8.